The van der Waals surface area contributed by atoms with Crippen LogP contribution in [0.3, 0.4) is 0 Å². The topological polar surface area (TPSA) is 95.9 Å². The van der Waals surface area contributed by atoms with Gasteiger partial charge in [0.2, 0.25) is 5.91 Å². The molecule has 0 spiro atoms. The number of carboxylic acid groups (broad SMARTS) is 1. The minimum Gasteiger partial charge on any atom is -0.481 e. The number of carbonyl (C=O) groups is 3. The van der Waals surface area contributed by atoms with Crippen LogP contribution in [0.2, 0.25) is 0 Å². The number of hydrogen-bond donors (Lipinski definition) is 2. The summed E-state index contributed by atoms with van der Waals surface area (Å²) >= 11 is 0. The highest BCUT2D eigenvalue weighted by atomic mass is 16.5. The van der Waals surface area contributed by atoms with Crippen LogP contribution in [0.25, 0.3) is 11.1 Å². The van der Waals surface area contributed by atoms with Crippen molar-refractivity contribution in [2.24, 2.45) is 11.3 Å². The van der Waals surface area contributed by atoms with Gasteiger partial charge in [-0.25, -0.2) is 4.79 Å². The molecule has 3 atom stereocenters. The van der Waals surface area contributed by atoms with E-state index in [4.69, 9.17) is 4.74 Å². The molecule has 4 rings (SSSR count). The maximum Gasteiger partial charge on any atom is 0.407 e. The molecular formula is C27H32N2O5. The molecule has 1 fully saturated rings. The van der Waals surface area contributed by atoms with Crippen molar-refractivity contribution in [3.63, 3.8) is 0 Å². The van der Waals surface area contributed by atoms with Gasteiger partial charge in [-0.05, 0) is 41.0 Å². The number of fused-ring (bicyclic) bond motifs is 3. The highest BCUT2D eigenvalue weighted by Gasteiger charge is 2.44. The number of carboxylic acids is 1. The van der Waals surface area contributed by atoms with Crippen molar-refractivity contribution in [1.82, 2.24) is 10.2 Å². The standard InChI is InChI=1S/C27H32N2O5/c1-16-17(25(31)32)13-14-29(16)24(30)23(27(2,3)4)28-26(33)34-15-22-20-11-7-5-9-18(20)19-10-6-8-12-21(19)22/h5-12,16-17,22-23H,13-15H2,1-4H3,(H,28,33)(H,31,32)/t16?,17?,23-/m0/s1. The van der Waals surface area contributed by atoms with Gasteiger partial charge in [0.1, 0.15) is 12.6 Å². The highest BCUT2D eigenvalue weighted by molar-refractivity contribution is 5.88. The number of nitrogens with one attached hydrogen (secondary N) is 1. The molecule has 2 aromatic carbocycles. The Labute approximate surface area is 200 Å². The van der Waals surface area contributed by atoms with Gasteiger partial charge in [0.05, 0.1) is 5.92 Å². The van der Waals surface area contributed by atoms with Crippen LogP contribution in [0.5, 0.6) is 0 Å². The minimum absolute atomic E-state index is 0.0723. The second-order valence-corrected chi connectivity index (χ2v) is 10.3. The van der Waals surface area contributed by atoms with Crippen LogP contribution < -0.4 is 5.32 Å². The lowest BCUT2D eigenvalue weighted by atomic mass is 9.85. The fraction of sp³-hybridized carbons (Fsp3) is 0.444. The summed E-state index contributed by atoms with van der Waals surface area (Å²) in [6.45, 7) is 7.87. The summed E-state index contributed by atoms with van der Waals surface area (Å²) in [6, 6.07) is 14.9. The largest absolute Gasteiger partial charge is 0.481 e. The van der Waals surface area contributed by atoms with E-state index in [1.807, 2.05) is 45.0 Å². The van der Waals surface area contributed by atoms with E-state index in [0.29, 0.717) is 13.0 Å². The number of ether oxygens (including phenoxy) is 1. The highest BCUT2D eigenvalue weighted by Crippen LogP contribution is 2.44. The summed E-state index contributed by atoms with van der Waals surface area (Å²) < 4.78 is 5.65. The summed E-state index contributed by atoms with van der Waals surface area (Å²) in [4.78, 5) is 39.3. The van der Waals surface area contributed by atoms with E-state index < -0.39 is 35.5 Å². The number of amides is 2. The van der Waals surface area contributed by atoms with Gasteiger partial charge in [-0.1, -0.05) is 69.3 Å². The monoisotopic (exact) mass is 464 g/mol. The second kappa shape index (κ2) is 9.12. The molecule has 7 nitrogen and oxygen atoms in total. The lowest BCUT2D eigenvalue weighted by molar-refractivity contribution is -0.143. The Morgan fingerprint density at radius 1 is 1.06 bits per heavy atom. The first-order chi connectivity index (χ1) is 16.1. The normalized spacial score (nSPS) is 20.4. The van der Waals surface area contributed by atoms with E-state index in [1.165, 1.54) is 0 Å². The number of nitrogens with zero attached hydrogens (tertiary/aromatic N) is 1. The lowest BCUT2D eigenvalue weighted by Gasteiger charge is -2.35. The molecule has 180 valence electrons. The number of likely N-dealkylation sites (tertiary alicyclic amines) is 1. The molecule has 0 aromatic heterocycles. The first kappa shape index (κ1) is 23.8. The molecule has 1 aliphatic carbocycles. The molecule has 1 heterocycles. The van der Waals surface area contributed by atoms with Gasteiger partial charge in [-0.2, -0.15) is 0 Å². The Balaban J connectivity index is 1.46. The number of rotatable bonds is 5. The summed E-state index contributed by atoms with van der Waals surface area (Å²) in [5.41, 5.74) is 3.94. The zero-order valence-electron chi connectivity index (χ0n) is 20.1. The van der Waals surface area contributed by atoms with Crippen LogP contribution in [0.15, 0.2) is 48.5 Å². The Hall–Kier alpha value is -3.35. The molecule has 2 unspecified atom stereocenters. The summed E-state index contributed by atoms with van der Waals surface area (Å²) in [7, 11) is 0. The summed E-state index contributed by atoms with van der Waals surface area (Å²) in [5, 5.41) is 12.2. The number of hydrogen-bond acceptors (Lipinski definition) is 4. The third kappa shape index (κ3) is 4.39. The Kier molecular flexibility index (Phi) is 6.39. The van der Waals surface area contributed by atoms with Gasteiger partial charge in [-0.3, -0.25) is 9.59 Å². The van der Waals surface area contributed by atoms with Gasteiger partial charge in [0, 0.05) is 18.5 Å². The van der Waals surface area contributed by atoms with E-state index in [2.05, 4.69) is 29.6 Å². The van der Waals surface area contributed by atoms with Crippen molar-refractivity contribution < 1.29 is 24.2 Å². The van der Waals surface area contributed by atoms with Crippen LogP contribution in [0.4, 0.5) is 4.79 Å². The molecule has 0 bridgehead atoms. The number of benzene rings is 2. The summed E-state index contributed by atoms with van der Waals surface area (Å²) in [5.74, 6) is -1.85. The average Bonchev–Trinajstić information content (AvgIpc) is 3.33. The SMILES string of the molecule is CC1C(C(=O)O)CCN1C(=O)[C@H](NC(=O)OCC1c2ccccc2-c2ccccc21)C(C)(C)C. The molecular weight excluding hydrogens is 432 g/mol. The molecule has 2 amide bonds. The summed E-state index contributed by atoms with van der Waals surface area (Å²) in [6.07, 6.45) is -0.249. The first-order valence-electron chi connectivity index (χ1n) is 11.7. The minimum atomic E-state index is -0.903. The van der Waals surface area contributed by atoms with E-state index >= 15 is 0 Å². The van der Waals surface area contributed by atoms with Gasteiger partial charge in [-0.15, -0.1) is 0 Å². The Morgan fingerprint density at radius 3 is 2.12 bits per heavy atom. The van der Waals surface area contributed by atoms with Crippen LogP contribution >= 0.6 is 0 Å². The van der Waals surface area contributed by atoms with E-state index in [-0.39, 0.29) is 18.4 Å². The number of alkyl carbamates (subject to hydrolysis) is 1. The van der Waals surface area contributed by atoms with Gasteiger partial charge in [0.25, 0.3) is 0 Å². The van der Waals surface area contributed by atoms with Crippen molar-refractivity contribution >= 4 is 18.0 Å². The fourth-order valence-electron chi connectivity index (χ4n) is 5.15. The third-order valence-corrected chi connectivity index (χ3v) is 7.07. The number of aliphatic carboxylic acids is 1. The van der Waals surface area contributed by atoms with Crippen molar-refractivity contribution in [2.45, 2.75) is 52.1 Å². The van der Waals surface area contributed by atoms with Gasteiger partial charge in [0.15, 0.2) is 0 Å². The molecule has 0 radical (unpaired) electrons. The van der Waals surface area contributed by atoms with Crippen molar-refractivity contribution in [3.05, 3.63) is 59.7 Å². The van der Waals surface area contributed by atoms with Crippen LogP contribution in [0.1, 0.15) is 51.2 Å². The predicted octanol–water partition coefficient (Wildman–Crippen LogP) is 4.26. The first-order valence-corrected chi connectivity index (χ1v) is 11.7. The molecule has 1 aliphatic heterocycles. The van der Waals surface area contributed by atoms with E-state index in [0.717, 1.165) is 22.3 Å². The molecule has 7 heteroatoms. The van der Waals surface area contributed by atoms with E-state index in [1.54, 1.807) is 11.8 Å². The van der Waals surface area contributed by atoms with E-state index in [9.17, 15) is 19.5 Å². The predicted molar refractivity (Wildman–Crippen MR) is 128 cm³/mol. The van der Waals surface area contributed by atoms with Crippen LogP contribution in [-0.4, -0.2) is 53.2 Å². The number of carbonyl (C=O) groups excluding carboxylic acids is 2. The molecule has 0 saturated carbocycles. The maximum absolute atomic E-state index is 13.4. The zero-order valence-corrected chi connectivity index (χ0v) is 20.1. The molecule has 1 saturated heterocycles. The average molecular weight is 465 g/mol. The second-order valence-electron chi connectivity index (χ2n) is 10.3. The Morgan fingerprint density at radius 2 is 1.62 bits per heavy atom. The maximum atomic E-state index is 13.4. The molecule has 2 N–H and O–H groups in total. The van der Waals surface area contributed by atoms with Gasteiger partial charge < -0.3 is 20.1 Å². The lowest BCUT2D eigenvalue weighted by Crippen LogP contribution is -2.56. The molecule has 34 heavy (non-hydrogen) atoms. The van der Waals surface area contributed by atoms with Gasteiger partial charge >= 0.3 is 12.1 Å². The molecule has 2 aliphatic rings. The quantitative estimate of drug-likeness (QED) is 0.689. The van der Waals surface area contributed by atoms with Crippen molar-refractivity contribution in [2.75, 3.05) is 13.2 Å². The molecule has 2 aromatic rings. The van der Waals surface area contributed by atoms with Crippen LogP contribution in [-0.2, 0) is 14.3 Å². The smallest absolute Gasteiger partial charge is 0.407 e. The Bertz CT molecular complexity index is 1060. The van der Waals surface area contributed by atoms with Crippen molar-refractivity contribution in [1.29, 1.82) is 0 Å². The van der Waals surface area contributed by atoms with Crippen molar-refractivity contribution in [3.8, 4) is 11.1 Å². The van der Waals surface area contributed by atoms with Crippen LogP contribution in [0, 0.1) is 11.3 Å². The zero-order chi connectivity index (χ0) is 24.6. The third-order valence-electron chi connectivity index (χ3n) is 7.07. The fourth-order valence-corrected chi connectivity index (χ4v) is 5.15.